The van der Waals surface area contributed by atoms with Crippen LogP contribution in [0.15, 0.2) is 53.0 Å². The Hall–Kier alpha value is -1.83. The molecule has 0 bridgehead atoms. The summed E-state index contributed by atoms with van der Waals surface area (Å²) in [6.07, 6.45) is 0.748. The summed E-state index contributed by atoms with van der Waals surface area (Å²) in [5, 5.41) is 12.4. The van der Waals surface area contributed by atoms with Crippen molar-refractivity contribution in [1.29, 1.82) is 5.26 Å². The van der Waals surface area contributed by atoms with Gasteiger partial charge in [0.05, 0.1) is 5.56 Å². The maximum Gasteiger partial charge on any atom is 0.139 e. The largest absolute Gasteiger partial charge is 0.484 e. The van der Waals surface area contributed by atoms with E-state index < -0.39 is 0 Å². The molecule has 2 aromatic carbocycles. The number of nitriles is 1. The molecule has 0 radical (unpaired) electrons. The van der Waals surface area contributed by atoms with E-state index in [0.717, 1.165) is 23.0 Å². The van der Waals surface area contributed by atoms with E-state index in [-0.39, 0.29) is 6.10 Å². The van der Waals surface area contributed by atoms with Crippen molar-refractivity contribution < 1.29 is 4.74 Å². The molecule has 0 spiro atoms. The number of rotatable bonds is 6. The Kier molecular flexibility index (Phi) is 5.79. The molecule has 0 fully saturated rings. The highest BCUT2D eigenvalue weighted by atomic mass is 79.9. The molecule has 0 aliphatic carbocycles. The van der Waals surface area contributed by atoms with Crippen LogP contribution < -0.4 is 10.1 Å². The first-order valence-electron chi connectivity index (χ1n) is 6.80. The van der Waals surface area contributed by atoms with Crippen LogP contribution in [0.3, 0.4) is 0 Å². The minimum absolute atomic E-state index is 0.0833. The molecule has 21 heavy (non-hydrogen) atoms. The van der Waals surface area contributed by atoms with Crippen molar-refractivity contribution in [2.75, 3.05) is 13.6 Å². The monoisotopic (exact) mass is 344 g/mol. The third kappa shape index (κ3) is 4.32. The summed E-state index contributed by atoms with van der Waals surface area (Å²) in [7, 11) is 1.92. The average Bonchev–Trinajstić information content (AvgIpc) is 2.52. The average molecular weight is 345 g/mol. The summed E-state index contributed by atoms with van der Waals surface area (Å²) in [5.41, 5.74) is 1.65. The van der Waals surface area contributed by atoms with Gasteiger partial charge >= 0.3 is 0 Å². The summed E-state index contributed by atoms with van der Waals surface area (Å²) in [4.78, 5) is 0. The van der Waals surface area contributed by atoms with Crippen LogP contribution in [0.4, 0.5) is 0 Å². The van der Waals surface area contributed by atoms with Gasteiger partial charge in [-0.05, 0) is 37.4 Å². The maximum absolute atomic E-state index is 9.21. The number of nitrogens with one attached hydrogen (secondary N) is 1. The lowest BCUT2D eigenvalue weighted by Crippen LogP contribution is -2.16. The second kappa shape index (κ2) is 7.82. The van der Waals surface area contributed by atoms with Crippen molar-refractivity contribution in [3.63, 3.8) is 0 Å². The minimum Gasteiger partial charge on any atom is -0.484 e. The van der Waals surface area contributed by atoms with Crippen LogP contribution in [0.5, 0.6) is 5.75 Å². The van der Waals surface area contributed by atoms with Gasteiger partial charge in [0.2, 0.25) is 0 Å². The Morgan fingerprint density at radius 1 is 1.24 bits per heavy atom. The second-order valence-corrected chi connectivity index (χ2v) is 5.58. The normalized spacial score (nSPS) is 11.7. The van der Waals surface area contributed by atoms with Crippen LogP contribution in [0.25, 0.3) is 0 Å². The van der Waals surface area contributed by atoms with Gasteiger partial charge in [-0.3, -0.25) is 0 Å². The molecule has 0 aliphatic heterocycles. The van der Waals surface area contributed by atoms with Gasteiger partial charge in [0.25, 0.3) is 0 Å². The predicted octanol–water partition coefficient (Wildman–Crippen LogP) is 4.05. The first kappa shape index (κ1) is 15.6. The number of halogens is 1. The van der Waals surface area contributed by atoms with Crippen molar-refractivity contribution >= 4 is 15.9 Å². The lowest BCUT2D eigenvalue weighted by atomic mass is 10.1. The first-order valence-corrected chi connectivity index (χ1v) is 7.59. The van der Waals surface area contributed by atoms with E-state index >= 15 is 0 Å². The molecule has 0 unspecified atom stereocenters. The van der Waals surface area contributed by atoms with Gasteiger partial charge in [-0.25, -0.2) is 0 Å². The highest BCUT2D eigenvalue weighted by molar-refractivity contribution is 9.10. The van der Waals surface area contributed by atoms with Gasteiger partial charge in [0.1, 0.15) is 17.9 Å². The van der Waals surface area contributed by atoms with Crippen LogP contribution >= 0.6 is 15.9 Å². The fourth-order valence-corrected chi connectivity index (χ4v) is 2.42. The molecule has 2 rings (SSSR count). The van der Waals surface area contributed by atoms with Crippen molar-refractivity contribution in [2.45, 2.75) is 12.5 Å². The third-order valence-corrected chi connectivity index (χ3v) is 3.65. The van der Waals surface area contributed by atoms with Crippen LogP contribution in [-0.4, -0.2) is 13.6 Å². The zero-order valence-corrected chi connectivity index (χ0v) is 13.4. The van der Waals surface area contributed by atoms with E-state index in [1.807, 2.05) is 49.5 Å². The molecule has 0 saturated carbocycles. The van der Waals surface area contributed by atoms with Crippen molar-refractivity contribution in [3.05, 3.63) is 64.1 Å². The number of ether oxygens (including phenoxy) is 1. The Balaban J connectivity index is 2.27. The smallest absolute Gasteiger partial charge is 0.139 e. The van der Waals surface area contributed by atoms with E-state index in [0.29, 0.717) is 11.3 Å². The van der Waals surface area contributed by atoms with Crippen molar-refractivity contribution in [3.8, 4) is 11.8 Å². The zero-order valence-electron chi connectivity index (χ0n) is 11.8. The standard InChI is InChI=1S/C17H17BrN2O/c1-20-10-9-16(13-5-3-2-4-6-13)21-17-11-15(18)8-7-14(17)12-19/h2-8,11,16,20H,9-10H2,1H3/t16-/m1/s1. The molecule has 0 amide bonds. The van der Waals surface area contributed by atoms with E-state index in [1.165, 1.54) is 0 Å². The summed E-state index contributed by atoms with van der Waals surface area (Å²) < 4.78 is 7.01. The molecule has 0 saturated heterocycles. The molecule has 0 aromatic heterocycles. The molecule has 0 aliphatic rings. The highest BCUT2D eigenvalue weighted by Crippen LogP contribution is 2.29. The maximum atomic E-state index is 9.21. The summed E-state index contributed by atoms with van der Waals surface area (Å²) in [5.74, 6) is 0.608. The summed E-state index contributed by atoms with van der Waals surface area (Å²) in [6.45, 7) is 0.843. The number of hydrogen-bond acceptors (Lipinski definition) is 3. The highest BCUT2D eigenvalue weighted by Gasteiger charge is 2.15. The molecule has 108 valence electrons. The molecule has 1 N–H and O–H groups in total. The zero-order chi connectivity index (χ0) is 15.1. The molecular formula is C17H17BrN2O. The SMILES string of the molecule is CNCC[C@@H](Oc1cc(Br)ccc1C#N)c1ccccc1. The first-order chi connectivity index (χ1) is 10.2. The quantitative estimate of drug-likeness (QED) is 0.859. The Labute approximate surface area is 133 Å². The van der Waals surface area contributed by atoms with Crippen LogP contribution in [0.2, 0.25) is 0 Å². The van der Waals surface area contributed by atoms with Crippen molar-refractivity contribution in [1.82, 2.24) is 5.32 Å². The van der Waals surface area contributed by atoms with Gasteiger partial charge < -0.3 is 10.1 Å². The fourth-order valence-electron chi connectivity index (χ4n) is 2.08. The van der Waals surface area contributed by atoms with Gasteiger partial charge in [-0.2, -0.15) is 5.26 Å². The van der Waals surface area contributed by atoms with E-state index in [1.54, 1.807) is 6.07 Å². The van der Waals surface area contributed by atoms with E-state index in [2.05, 4.69) is 27.3 Å². The lowest BCUT2D eigenvalue weighted by molar-refractivity contribution is 0.194. The molecule has 0 heterocycles. The molecule has 3 nitrogen and oxygen atoms in total. The van der Waals surface area contributed by atoms with Crippen LogP contribution in [0, 0.1) is 11.3 Å². The van der Waals surface area contributed by atoms with E-state index in [9.17, 15) is 5.26 Å². The van der Waals surface area contributed by atoms with Gasteiger partial charge in [0, 0.05) is 10.9 Å². The molecular weight excluding hydrogens is 328 g/mol. The van der Waals surface area contributed by atoms with Gasteiger partial charge in [0.15, 0.2) is 0 Å². The Morgan fingerprint density at radius 3 is 2.67 bits per heavy atom. The molecule has 4 heteroatoms. The number of benzene rings is 2. The Bertz CT molecular complexity index is 622. The van der Waals surface area contributed by atoms with Crippen LogP contribution in [-0.2, 0) is 0 Å². The topological polar surface area (TPSA) is 45.0 Å². The third-order valence-electron chi connectivity index (χ3n) is 3.16. The molecule has 1 atom stereocenters. The fraction of sp³-hybridized carbons (Fsp3) is 0.235. The van der Waals surface area contributed by atoms with Gasteiger partial charge in [-0.1, -0.05) is 46.3 Å². The van der Waals surface area contributed by atoms with Gasteiger partial charge in [-0.15, -0.1) is 0 Å². The second-order valence-electron chi connectivity index (χ2n) is 4.66. The molecule has 2 aromatic rings. The van der Waals surface area contributed by atoms with Crippen LogP contribution in [0.1, 0.15) is 23.7 Å². The summed E-state index contributed by atoms with van der Waals surface area (Å²) in [6, 6.07) is 17.7. The number of hydrogen-bond donors (Lipinski definition) is 1. The summed E-state index contributed by atoms with van der Waals surface area (Å²) >= 11 is 3.42. The minimum atomic E-state index is -0.0833. The predicted molar refractivity (Wildman–Crippen MR) is 87.2 cm³/mol. The number of nitrogens with zero attached hydrogens (tertiary/aromatic N) is 1. The van der Waals surface area contributed by atoms with E-state index in [4.69, 9.17) is 4.74 Å². The Morgan fingerprint density at radius 2 is 2.00 bits per heavy atom. The van der Waals surface area contributed by atoms with Crippen molar-refractivity contribution in [2.24, 2.45) is 0 Å². The lowest BCUT2D eigenvalue weighted by Gasteiger charge is -2.20.